The molecule has 2 aromatic carbocycles. The number of imidazole rings is 1. The average molecular weight is 412 g/mol. The summed E-state index contributed by atoms with van der Waals surface area (Å²) in [6, 6.07) is 20.6. The van der Waals surface area contributed by atoms with Crippen molar-refractivity contribution in [1.82, 2.24) is 9.38 Å². The van der Waals surface area contributed by atoms with Crippen LogP contribution in [0.1, 0.15) is 16.8 Å². The Morgan fingerprint density at radius 1 is 1.04 bits per heavy atom. The second-order valence-corrected chi connectivity index (χ2v) is 7.51. The second kappa shape index (κ2) is 6.66. The zero-order valence-corrected chi connectivity index (χ0v) is 16.1. The molecule has 0 saturated heterocycles. The molecule has 0 atom stereocenters. The van der Waals surface area contributed by atoms with Gasteiger partial charge in [0.15, 0.2) is 0 Å². The molecule has 4 heteroatoms. The van der Waals surface area contributed by atoms with Crippen LogP contribution in [0.2, 0.25) is 5.02 Å². The molecule has 0 unspecified atom stereocenters. The summed E-state index contributed by atoms with van der Waals surface area (Å²) in [6.45, 7) is 2.10. The lowest BCUT2D eigenvalue weighted by Crippen LogP contribution is -1.97. The minimum Gasteiger partial charge on any atom is -0.302 e. The number of aryl methyl sites for hydroxylation is 1. The molecule has 4 aromatic rings. The van der Waals surface area contributed by atoms with Crippen LogP contribution in [0, 0.1) is 6.92 Å². The maximum Gasteiger partial charge on any atom is 0.137 e. The first-order valence-corrected chi connectivity index (χ1v) is 9.25. The number of rotatable bonds is 3. The van der Waals surface area contributed by atoms with Crippen LogP contribution in [0.15, 0.2) is 71.3 Å². The normalized spacial score (nSPS) is 11.2. The van der Waals surface area contributed by atoms with Crippen LogP contribution in [0.25, 0.3) is 16.9 Å². The van der Waals surface area contributed by atoms with Crippen molar-refractivity contribution in [1.29, 1.82) is 0 Å². The van der Waals surface area contributed by atoms with Gasteiger partial charge in [-0.05, 0) is 52.7 Å². The molecule has 2 aromatic heterocycles. The molecular weight excluding hydrogens is 396 g/mol. The van der Waals surface area contributed by atoms with Crippen LogP contribution in [0.5, 0.6) is 0 Å². The van der Waals surface area contributed by atoms with E-state index in [-0.39, 0.29) is 0 Å². The number of hydrogen-bond donors (Lipinski definition) is 0. The van der Waals surface area contributed by atoms with E-state index in [2.05, 4.69) is 63.8 Å². The quantitative estimate of drug-likeness (QED) is 0.386. The predicted octanol–water partition coefficient (Wildman–Crippen LogP) is 6.32. The summed E-state index contributed by atoms with van der Waals surface area (Å²) in [5, 5.41) is 0.719. The number of fused-ring (bicyclic) bond motifs is 1. The van der Waals surface area contributed by atoms with Gasteiger partial charge >= 0.3 is 0 Å². The fourth-order valence-corrected chi connectivity index (χ4v) is 3.53. The molecule has 124 valence electrons. The Bertz CT molecular complexity index is 1050. The van der Waals surface area contributed by atoms with Crippen LogP contribution < -0.4 is 0 Å². The van der Waals surface area contributed by atoms with Crippen molar-refractivity contribution in [3.05, 3.63) is 93.2 Å². The summed E-state index contributed by atoms with van der Waals surface area (Å²) >= 11 is 9.78. The van der Waals surface area contributed by atoms with Crippen molar-refractivity contribution in [3.63, 3.8) is 0 Å². The third-order valence-electron chi connectivity index (χ3n) is 4.27. The first kappa shape index (κ1) is 16.4. The molecule has 0 radical (unpaired) electrons. The van der Waals surface area contributed by atoms with Gasteiger partial charge in [-0.15, -0.1) is 0 Å². The van der Waals surface area contributed by atoms with Crippen LogP contribution in [0.3, 0.4) is 0 Å². The van der Waals surface area contributed by atoms with Gasteiger partial charge in [0.25, 0.3) is 0 Å². The van der Waals surface area contributed by atoms with Gasteiger partial charge in [0, 0.05) is 27.7 Å². The summed E-state index contributed by atoms with van der Waals surface area (Å²) < 4.78 is 3.18. The molecule has 0 saturated carbocycles. The molecule has 4 rings (SSSR count). The van der Waals surface area contributed by atoms with Crippen molar-refractivity contribution in [3.8, 4) is 11.3 Å². The molecule has 0 aliphatic rings. The Morgan fingerprint density at radius 2 is 1.84 bits per heavy atom. The monoisotopic (exact) mass is 410 g/mol. The smallest absolute Gasteiger partial charge is 0.137 e. The van der Waals surface area contributed by atoms with Crippen LogP contribution in [0.4, 0.5) is 0 Å². The summed E-state index contributed by atoms with van der Waals surface area (Å²) in [4.78, 5) is 4.86. The van der Waals surface area contributed by atoms with Gasteiger partial charge in [0.1, 0.15) is 5.65 Å². The zero-order valence-electron chi connectivity index (χ0n) is 13.7. The number of halogens is 2. The van der Waals surface area contributed by atoms with E-state index in [0.717, 1.165) is 38.5 Å². The first-order chi connectivity index (χ1) is 12.1. The zero-order chi connectivity index (χ0) is 17.4. The molecule has 25 heavy (non-hydrogen) atoms. The fourth-order valence-electron chi connectivity index (χ4n) is 3.00. The molecular formula is C21H16BrClN2. The van der Waals surface area contributed by atoms with Crippen molar-refractivity contribution < 1.29 is 0 Å². The van der Waals surface area contributed by atoms with Crippen LogP contribution in [-0.2, 0) is 6.42 Å². The highest BCUT2D eigenvalue weighted by molar-refractivity contribution is 9.10. The molecule has 0 fully saturated rings. The summed E-state index contributed by atoms with van der Waals surface area (Å²) in [5.74, 6) is 0. The van der Waals surface area contributed by atoms with Crippen molar-refractivity contribution in [2.75, 3.05) is 0 Å². The number of aromatic nitrogens is 2. The third-order valence-corrected chi connectivity index (χ3v) is 4.98. The minimum absolute atomic E-state index is 0.719. The predicted molar refractivity (Wildman–Crippen MR) is 107 cm³/mol. The standard InChI is InChI=1S/C21H16BrClN2/c1-14-5-7-15(8-6-14)11-19-21(16-3-2-4-18(23)12-16)24-20-10-9-17(22)13-25(19)20/h2-10,12-13H,11H2,1H3. The number of hydrogen-bond acceptors (Lipinski definition) is 1. The molecule has 0 bridgehead atoms. The lowest BCUT2D eigenvalue weighted by atomic mass is 10.0. The van der Waals surface area contributed by atoms with Crippen molar-refractivity contribution >= 4 is 33.2 Å². The fraction of sp³-hybridized carbons (Fsp3) is 0.0952. The number of nitrogens with zero attached hydrogens (tertiary/aromatic N) is 2. The molecule has 0 N–H and O–H groups in total. The van der Waals surface area contributed by atoms with E-state index < -0.39 is 0 Å². The van der Waals surface area contributed by atoms with Crippen molar-refractivity contribution in [2.24, 2.45) is 0 Å². The van der Waals surface area contributed by atoms with E-state index in [1.54, 1.807) is 0 Å². The van der Waals surface area contributed by atoms with Gasteiger partial charge in [-0.1, -0.05) is 53.6 Å². The van der Waals surface area contributed by atoms with Gasteiger partial charge in [-0.2, -0.15) is 0 Å². The van der Waals surface area contributed by atoms with Gasteiger partial charge in [0.05, 0.1) is 11.4 Å². The van der Waals surface area contributed by atoms with Crippen LogP contribution >= 0.6 is 27.5 Å². The molecule has 0 spiro atoms. The minimum atomic E-state index is 0.719. The Hall–Kier alpha value is -2.10. The van der Waals surface area contributed by atoms with E-state index in [9.17, 15) is 0 Å². The van der Waals surface area contributed by atoms with E-state index in [4.69, 9.17) is 16.6 Å². The summed E-state index contributed by atoms with van der Waals surface area (Å²) in [6.07, 6.45) is 2.87. The van der Waals surface area contributed by atoms with E-state index in [0.29, 0.717) is 0 Å². The molecule has 0 aliphatic carbocycles. The number of benzene rings is 2. The topological polar surface area (TPSA) is 17.3 Å². The highest BCUT2D eigenvalue weighted by Crippen LogP contribution is 2.29. The third kappa shape index (κ3) is 3.35. The summed E-state index contributed by atoms with van der Waals surface area (Å²) in [7, 11) is 0. The Labute approximate surface area is 160 Å². The maximum absolute atomic E-state index is 6.21. The molecule has 0 amide bonds. The van der Waals surface area contributed by atoms with Gasteiger partial charge in [-0.25, -0.2) is 4.98 Å². The van der Waals surface area contributed by atoms with E-state index in [1.165, 1.54) is 11.1 Å². The first-order valence-electron chi connectivity index (χ1n) is 8.08. The summed E-state index contributed by atoms with van der Waals surface area (Å²) in [5.41, 5.74) is 6.62. The SMILES string of the molecule is Cc1ccc(Cc2c(-c3cccc(Cl)c3)nc3ccc(Br)cn23)cc1. The van der Waals surface area contributed by atoms with Gasteiger partial charge in [-0.3, -0.25) is 0 Å². The molecule has 2 heterocycles. The Morgan fingerprint density at radius 3 is 2.60 bits per heavy atom. The number of pyridine rings is 1. The maximum atomic E-state index is 6.21. The Kier molecular flexibility index (Phi) is 4.36. The highest BCUT2D eigenvalue weighted by atomic mass is 79.9. The lowest BCUT2D eigenvalue weighted by molar-refractivity contribution is 1.02. The molecule has 2 nitrogen and oxygen atoms in total. The largest absolute Gasteiger partial charge is 0.302 e. The van der Waals surface area contributed by atoms with Gasteiger partial charge in [0.2, 0.25) is 0 Å². The van der Waals surface area contributed by atoms with Crippen molar-refractivity contribution in [2.45, 2.75) is 13.3 Å². The van der Waals surface area contributed by atoms with Gasteiger partial charge < -0.3 is 4.40 Å². The second-order valence-electron chi connectivity index (χ2n) is 6.16. The molecule has 0 aliphatic heterocycles. The van der Waals surface area contributed by atoms with E-state index >= 15 is 0 Å². The average Bonchev–Trinajstić information content (AvgIpc) is 2.95. The van der Waals surface area contributed by atoms with Crippen LogP contribution in [-0.4, -0.2) is 9.38 Å². The Balaban J connectivity index is 1.91. The highest BCUT2D eigenvalue weighted by Gasteiger charge is 2.15. The van der Waals surface area contributed by atoms with E-state index in [1.807, 2.05) is 30.3 Å². The lowest BCUT2D eigenvalue weighted by Gasteiger charge is -2.07.